The van der Waals surface area contributed by atoms with Crippen molar-refractivity contribution in [2.75, 3.05) is 33.3 Å². The summed E-state index contributed by atoms with van der Waals surface area (Å²) in [5.74, 6) is 1.72. The van der Waals surface area contributed by atoms with E-state index in [-0.39, 0.29) is 5.91 Å². The summed E-state index contributed by atoms with van der Waals surface area (Å²) in [5.41, 5.74) is 2.42. The average molecular weight is 458 g/mol. The van der Waals surface area contributed by atoms with Crippen molar-refractivity contribution in [3.05, 3.63) is 53.2 Å². The first kappa shape index (κ1) is 23.2. The number of ether oxygens (including phenoxy) is 4. The number of anilines is 1. The largest absolute Gasteiger partial charge is 0.493 e. The van der Waals surface area contributed by atoms with Gasteiger partial charge in [0.15, 0.2) is 16.6 Å². The van der Waals surface area contributed by atoms with E-state index in [0.29, 0.717) is 51.7 Å². The standard InChI is InChI=1S/C23H27N3O5S/c1-6-31-16-10-8-7-9-15(16)25-22(27)19-13(2)24-23(32)26-20(19)14-11-17(28-3)21(30-5)18(12-14)29-4/h7-12,20H,6H2,1-5H3,(H,25,27)(H2,24,26,32)/t20-/m0/s1. The number of benzene rings is 2. The van der Waals surface area contributed by atoms with Crippen LogP contribution in [0.2, 0.25) is 0 Å². The van der Waals surface area contributed by atoms with E-state index in [1.165, 1.54) is 7.11 Å². The van der Waals surface area contributed by atoms with Gasteiger partial charge in [0.05, 0.1) is 45.2 Å². The summed E-state index contributed by atoms with van der Waals surface area (Å²) in [6, 6.07) is 10.3. The van der Waals surface area contributed by atoms with Gasteiger partial charge in [-0.25, -0.2) is 0 Å². The van der Waals surface area contributed by atoms with E-state index in [1.54, 1.807) is 32.4 Å². The number of amides is 1. The quantitative estimate of drug-likeness (QED) is 0.519. The van der Waals surface area contributed by atoms with Gasteiger partial charge in [-0.2, -0.15) is 0 Å². The molecule has 8 nitrogen and oxygen atoms in total. The normalized spacial score (nSPS) is 15.4. The molecule has 1 atom stereocenters. The molecule has 3 rings (SSSR count). The van der Waals surface area contributed by atoms with Gasteiger partial charge in [0.1, 0.15) is 5.75 Å². The Balaban J connectivity index is 2.04. The Morgan fingerprint density at radius 2 is 1.72 bits per heavy atom. The van der Waals surface area contributed by atoms with Gasteiger partial charge in [-0.1, -0.05) is 12.1 Å². The Morgan fingerprint density at radius 1 is 1.06 bits per heavy atom. The van der Waals surface area contributed by atoms with E-state index in [9.17, 15) is 4.79 Å². The number of rotatable bonds is 8. The fraction of sp³-hybridized carbons (Fsp3) is 0.304. The highest BCUT2D eigenvalue weighted by atomic mass is 32.1. The highest BCUT2D eigenvalue weighted by Gasteiger charge is 2.32. The lowest BCUT2D eigenvalue weighted by molar-refractivity contribution is -0.113. The van der Waals surface area contributed by atoms with Gasteiger partial charge in [-0.15, -0.1) is 0 Å². The molecular weight excluding hydrogens is 430 g/mol. The average Bonchev–Trinajstić information content (AvgIpc) is 2.78. The predicted octanol–water partition coefficient (Wildman–Crippen LogP) is 3.54. The smallest absolute Gasteiger partial charge is 0.255 e. The SMILES string of the molecule is CCOc1ccccc1NC(=O)C1=C(C)NC(=S)N[C@H]1c1cc(OC)c(OC)c(OC)c1. The molecule has 32 heavy (non-hydrogen) atoms. The maximum atomic E-state index is 13.4. The second-order valence-corrected chi connectivity index (χ2v) is 7.32. The van der Waals surface area contributed by atoms with Crippen molar-refractivity contribution in [2.24, 2.45) is 0 Å². The van der Waals surface area contributed by atoms with Crippen LogP contribution >= 0.6 is 12.2 Å². The van der Waals surface area contributed by atoms with Gasteiger partial charge >= 0.3 is 0 Å². The second kappa shape index (κ2) is 10.2. The van der Waals surface area contributed by atoms with Gasteiger partial charge in [0, 0.05) is 5.70 Å². The van der Waals surface area contributed by atoms with Crippen LogP contribution in [0.5, 0.6) is 23.0 Å². The lowest BCUT2D eigenvalue weighted by Crippen LogP contribution is -2.45. The number of thiocarbonyl (C=S) groups is 1. The molecule has 2 aromatic rings. The number of nitrogens with one attached hydrogen (secondary N) is 3. The maximum absolute atomic E-state index is 13.4. The first-order valence-corrected chi connectivity index (χ1v) is 10.5. The van der Waals surface area contributed by atoms with Crippen LogP contribution in [0.4, 0.5) is 5.69 Å². The summed E-state index contributed by atoms with van der Waals surface area (Å²) in [5, 5.41) is 9.58. The predicted molar refractivity (Wildman–Crippen MR) is 127 cm³/mol. The molecule has 0 spiro atoms. The molecule has 0 aromatic heterocycles. The topological polar surface area (TPSA) is 90.1 Å². The summed E-state index contributed by atoms with van der Waals surface area (Å²) in [7, 11) is 4.62. The molecule has 3 N–H and O–H groups in total. The zero-order chi connectivity index (χ0) is 23.3. The summed E-state index contributed by atoms with van der Waals surface area (Å²) in [6.07, 6.45) is 0. The fourth-order valence-corrected chi connectivity index (χ4v) is 3.82. The molecule has 0 saturated carbocycles. The number of hydrogen-bond donors (Lipinski definition) is 3. The third-order valence-electron chi connectivity index (χ3n) is 4.97. The summed E-state index contributed by atoms with van der Waals surface area (Å²) < 4.78 is 22.0. The van der Waals surface area contributed by atoms with Crippen molar-refractivity contribution < 1.29 is 23.7 Å². The molecule has 0 fully saturated rings. The monoisotopic (exact) mass is 457 g/mol. The second-order valence-electron chi connectivity index (χ2n) is 6.91. The Morgan fingerprint density at radius 3 is 2.31 bits per heavy atom. The lowest BCUT2D eigenvalue weighted by Gasteiger charge is -2.31. The van der Waals surface area contributed by atoms with Crippen LogP contribution in [0, 0.1) is 0 Å². The third-order valence-corrected chi connectivity index (χ3v) is 5.19. The summed E-state index contributed by atoms with van der Waals surface area (Å²) in [6.45, 7) is 4.18. The van der Waals surface area contributed by atoms with Gasteiger partial charge in [0.25, 0.3) is 5.91 Å². The third kappa shape index (κ3) is 4.72. The molecule has 1 heterocycles. The first-order valence-electron chi connectivity index (χ1n) is 10.0. The van der Waals surface area contributed by atoms with E-state index in [4.69, 9.17) is 31.2 Å². The van der Waals surface area contributed by atoms with Crippen LogP contribution in [-0.4, -0.2) is 39.0 Å². The van der Waals surface area contributed by atoms with Gasteiger partial charge in [-0.05, 0) is 55.9 Å². The minimum atomic E-state index is -0.545. The lowest BCUT2D eigenvalue weighted by atomic mass is 9.94. The van der Waals surface area contributed by atoms with E-state index in [1.807, 2.05) is 32.0 Å². The van der Waals surface area contributed by atoms with E-state index in [0.717, 1.165) is 5.56 Å². The van der Waals surface area contributed by atoms with Crippen LogP contribution in [-0.2, 0) is 4.79 Å². The van der Waals surface area contributed by atoms with Crippen molar-refractivity contribution in [1.29, 1.82) is 0 Å². The molecule has 1 aliphatic rings. The van der Waals surface area contributed by atoms with Crippen molar-refractivity contribution in [2.45, 2.75) is 19.9 Å². The molecule has 9 heteroatoms. The Labute approximate surface area is 192 Å². The minimum absolute atomic E-state index is 0.295. The number of para-hydroxylation sites is 2. The Kier molecular flexibility index (Phi) is 7.42. The van der Waals surface area contributed by atoms with E-state index < -0.39 is 6.04 Å². The molecular formula is C23H27N3O5S. The van der Waals surface area contributed by atoms with Gasteiger partial charge in [0.2, 0.25) is 5.75 Å². The number of allylic oxidation sites excluding steroid dienone is 1. The van der Waals surface area contributed by atoms with E-state index in [2.05, 4.69) is 16.0 Å². The number of carbonyl (C=O) groups is 1. The highest BCUT2D eigenvalue weighted by Crippen LogP contribution is 2.41. The summed E-state index contributed by atoms with van der Waals surface area (Å²) in [4.78, 5) is 13.4. The van der Waals surface area contributed by atoms with Gasteiger partial charge < -0.3 is 34.9 Å². The molecule has 2 aromatic carbocycles. The van der Waals surface area contributed by atoms with Crippen molar-refractivity contribution >= 4 is 28.9 Å². The van der Waals surface area contributed by atoms with Crippen LogP contribution < -0.4 is 34.9 Å². The van der Waals surface area contributed by atoms with Crippen molar-refractivity contribution in [1.82, 2.24) is 10.6 Å². The molecule has 0 unspecified atom stereocenters. The highest BCUT2D eigenvalue weighted by molar-refractivity contribution is 7.80. The van der Waals surface area contributed by atoms with Crippen molar-refractivity contribution in [3.63, 3.8) is 0 Å². The van der Waals surface area contributed by atoms with Crippen LogP contribution in [0.1, 0.15) is 25.5 Å². The molecule has 0 radical (unpaired) electrons. The molecule has 170 valence electrons. The summed E-state index contributed by atoms with van der Waals surface area (Å²) >= 11 is 5.36. The van der Waals surface area contributed by atoms with Crippen LogP contribution in [0.3, 0.4) is 0 Å². The number of carbonyl (C=O) groups excluding carboxylic acids is 1. The maximum Gasteiger partial charge on any atom is 0.255 e. The van der Waals surface area contributed by atoms with E-state index >= 15 is 0 Å². The van der Waals surface area contributed by atoms with Crippen LogP contribution in [0.25, 0.3) is 0 Å². The molecule has 0 saturated heterocycles. The number of methoxy groups -OCH3 is 3. The molecule has 1 amide bonds. The molecule has 0 bridgehead atoms. The fourth-order valence-electron chi connectivity index (χ4n) is 3.55. The number of hydrogen-bond acceptors (Lipinski definition) is 6. The zero-order valence-electron chi connectivity index (χ0n) is 18.7. The zero-order valence-corrected chi connectivity index (χ0v) is 19.5. The Hall–Kier alpha value is -3.46. The Bertz CT molecular complexity index is 1030. The molecule has 0 aliphatic carbocycles. The van der Waals surface area contributed by atoms with Crippen LogP contribution in [0.15, 0.2) is 47.7 Å². The van der Waals surface area contributed by atoms with Gasteiger partial charge in [-0.3, -0.25) is 4.79 Å². The molecule has 1 aliphatic heterocycles. The van der Waals surface area contributed by atoms with Crippen molar-refractivity contribution in [3.8, 4) is 23.0 Å². The minimum Gasteiger partial charge on any atom is -0.493 e. The first-order chi connectivity index (χ1) is 15.4.